The molecule has 112 valence electrons. The molecule has 2 N–H and O–H groups in total. The number of aliphatic carboxylic acids is 1. The fourth-order valence-corrected chi connectivity index (χ4v) is 3.22. The lowest BCUT2D eigenvalue weighted by atomic mass is 9.79. The Hall–Kier alpha value is -2.09. The third-order valence-corrected chi connectivity index (χ3v) is 4.14. The van der Waals surface area contributed by atoms with Crippen LogP contribution < -0.4 is 5.32 Å². The van der Waals surface area contributed by atoms with E-state index >= 15 is 0 Å². The average Bonchev–Trinajstić information content (AvgIpc) is 2.38. The number of nitrogens with one attached hydrogen (secondary N) is 1. The van der Waals surface area contributed by atoms with Crippen molar-refractivity contribution >= 4 is 11.7 Å². The monoisotopic (exact) mass is 287 g/mol. The predicted molar refractivity (Wildman–Crippen MR) is 80.1 cm³/mol. The molecule has 2 rings (SSSR count). The second-order valence-corrected chi connectivity index (χ2v) is 5.92. The van der Waals surface area contributed by atoms with Crippen LogP contribution >= 0.6 is 0 Å². The second-order valence-electron chi connectivity index (χ2n) is 5.92. The fourth-order valence-electron chi connectivity index (χ4n) is 3.22. The van der Waals surface area contributed by atoms with Gasteiger partial charge < -0.3 is 10.4 Å². The van der Waals surface area contributed by atoms with E-state index in [4.69, 9.17) is 0 Å². The number of rotatable bonds is 4. The van der Waals surface area contributed by atoms with Gasteiger partial charge in [-0.05, 0) is 32.8 Å². The normalized spacial score (nSPS) is 17.0. The Balaban J connectivity index is 2.37. The summed E-state index contributed by atoms with van der Waals surface area (Å²) in [5.74, 6) is -0.801. The second kappa shape index (κ2) is 6.13. The number of hydrogen-bond acceptors (Lipinski definition) is 4. The van der Waals surface area contributed by atoms with Crippen molar-refractivity contribution in [1.29, 1.82) is 5.26 Å². The van der Waals surface area contributed by atoms with Gasteiger partial charge in [0.15, 0.2) is 0 Å². The Kier molecular flexibility index (Phi) is 4.46. The molecule has 0 spiro atoms. The molecular weight excluding hydrogens is 266 g/mol. The van der Waals surface area contributed by atoms with E-state index in [1.165, 1.54) is 0 Å². The van der Waals surface area contributed by atoms with Gasteiger partial charge >= 0.3 is 5.97 Å². The highest BCUT2D eigenvalue weighted by Crippen LogP contribution is 2.35. The Labute approximate surface area is 125 Å². The third kappa shape index (κ3) is 3.52. The van der Waals surface area contributed by atoms with Crippen LogP contribution in [0, 0.1) is 25.2 Å². The van der Waals surface area contributed by atoms with Crippen molar-refractivity contribution in [1.82, 2.24) is 4.98 Å². The van der Waals surface area contributed by atoms with E-state index in [1.807, 2.05) is 19.9 Å². The summed E-state index contributed by atoms with van der Waals surface area (Å²) in [7, 11) is 0. The summed E-state index contributed by atoms with van der Waals surface area (Å²) in [5.41, 5.74) is 2.29. The van der Waals surface area contributed by atoms with Gasteiger partial charge in [0.2, 0.25) is 0 Å². The van der Waals surface area contributed by atoms with E-state index in [2.05, 4.69) is 16.4 Å². The van der Waals surface area contributed by atoms with Crippen LogP contribution in [0.3, 0.4) is 0 Å². The highest BCUT2D eigenvalue weighted by atomic mass is 16.4. The van der Waals surface area contributed by atoms with Gasteiger partial charge in [0.1, 0.15) is 6.07 Å². The van der Waals surface area contributed by atoms with E-state index in [0.29, 0.717) is 16.9 Å². The first-order valence-corrected chi connectivity index (χ1v) is 7.34. The third-order valence-electron chi connectivity index (χ3n) is 4.14. The maximum absolute atomic E-state index is 11.2. The van der Waals surface area contributed by atoms with Crippen LogP contribution in [0.4, 0.5) is 5.69 Å². The number of hydrogen-bond donors (Lipinski definition) is 2. The lowest BCUT2D eigenvalue weighted by molar-refractivity contribution is -0.138. The van der Waals surface area contributed by atoms with Crippen LogP contribution in [0.2, 0.25) is 0 Å². The zero-order valence-corrected chi connectivity index (χ0v) is 12.6. The lowest BCUT2D eigenvalue weighted by Crippen LogP contribution is -2.42. The van der Waals surface area contributed by atoms with Crippen LogP contribution in [0.15, 0.2) is 6.07 Å². The van der Waals surface area contributed by atoms with Crippen molar-refractivity contribution < 1.29 is 9.90 Å². The molecule has 0 aliphatic heterocycles. The molecule has 0 bridgehead atoms. The molecule has 21 heavy (non-hydrogen) atoms. The minimum Gasteiger partial charge on any atom is -0.481 e. The quantitative estimate of drug-likeness (QED) is 0.888. The van der Waals surface area contributed by atoms with E-state index in [-0.39, 0.29) is 6.42 Å². The molecule has 0 amide bonds. The first-order valence-electron chi connectivity index (χ1n) is 7.34. The van der Waals surface area contributed by atoms with Crippen LogP contribution in [0.1, 0.15) is 55.5 Å². The molecule has 0 unspecified atom stereocenters. The number of nitrogens with zero attached hydrogens (tertiary/aromatic N) is 2. The minimum absolute atomic E-state index is 0.0816. The Morgan fingerprint density at radius 3 is 2.67 bits per heavy atom. The molecule has 1 aliphatic rings. The topological polar surface area (TPSA) is 86.0 Å². The van der Waals surface area contributed by atoms with E-state index < -0.39 is 11.5 Å². The van der Waals surface area contributed by atoms with E-state index in [1.54, 1.807) is 0 Å². The maximum Gasteiger partial charge on any atom is 0.305 e. The van der Waals surface area contributed by atoms with Crippen molar-refractivity contribution in [3.8, 4) is 6.07 Å². The molecule has 5 heteroatoms. The van der Waals surface area contributed by atoms with E-state index in [9.17, 15) is 15.2 Å². The number of carbonyl (C=O) groups is 1. The Morgan fingerprint density at radius 1 is 1.43 bits per heavy atom. The maximum atomic E-state index is 11.2. The van der Waals surface area contributed by atoms with Gasteiger partial charge in [0.05, 0.1) is 23.4 Å². The van der Waals surface area contributed by atoms with Crippen LogP contribution in [0.25, 0.3) is 0 Å². The predicted octanol–water partition coefficient (Wildman–Crippen LogP) is 3.16. The summed E-state index contributed by atoms with van der Waals surface area (Å²) in [6.45, 7) is 3.69. The average molecular weight is 287 g/mol. The summed E-state index contributed by atoms with van der Waals surface area (Å²) < 4.78 is 0. The van der Waals surface area contributed by atoms with Crippen molar-refractivity contribution in [2.75, 3.05) is 5.32 Å². The van der Waals surface area contributed by atoms with Crippen molar-refractivity contribution in [2.45, 2.75) is 57.9 Å². The van der Waals surface area contributed by atoms with Crippen molar-refractivity contribution in [3.63, 3.8) is 0 Å². The molecule has 0 aromatic carbocycles. The SMILES string of the molecule is Cc1cc(NC2(CC(=O)O)CCCCC2)c(C#N)c(C)n1. The molecule has 0 saturated heterocycles. The van der Waals surface area contributed by atoms with Gasteiger partial charge in [-0.1, -0.05) is 19.3 Å². The molecule has 1 saturated carbocycles. The summed E-state index contributed by atoms with van der Waals surface area (Å²) in [6, 6.07) is 4.02. The molecule has 1 aliphatic carbocycles. The van der Waals surface area contributed by atoms with Gasteiger partial charge in [-0.15, -0.1) is 0 Å². The molecule has 1 aromatic heterocycles. The molecule has 1 aromatic rings. The molecular formula is C16H21N3O2. The summed E-state index contributed by atoms with van der Waals surface area (Å²) >= 11 is 0. The number of nitriles is 1. The Bertz CT molecular complexity index is 584. The fraction of sp³-hybridized carbons (Fsp3) is 0.562. The highest BCUT2D eigenvalue weighted by molar-refractivity contribution is 5.70. The molecule has 0 radical (unpaired) electrons. The summed E-state index contributed by atoms with van der Waals surface area (Å²) in [5, 5.41) is 21.9. The first kappa shape index (κ1) is 15.3. The smallest absolute Gasteiger partial charge is 0.305 e. The van der Waals surface area contributed by atoms with Gasteiger partial charge in [-0.25, -0.2) is 0 Å². The number of aryl methyl sites for hydroxylation is 2. The Morgan fingerprint density at radius 2 is 2.10 bits per heavy atom. The van der Waals surface area contributed by atoms with Crippen LogP contribution in [-0.2, 0) is 4.79 Å². The van der Waals surface area contributed by atoms with Gasteiger partial charge in [-0.2, -0.15) is 5.26 Å². The molecule has 5 nitrogen and oxygen atoms in total. The summed E-state index contributed by atoms with van der Waals surface area (Å²) in [6.07, 6.45) is 4.91. The highest BCUT2D eigenvalue weighted by Gasteiger charge is 2.35. The summed E-state index contributed by atoms with van der Waals surface area (Å²) in [4.78, 5) is 15.5. The number of carboxylic acids is 1. The lowest BCUT2D eigenvalue weighted by Gasteiger charge is -2.38. The zero-order chi connectivity index (χ0) is 15.5. The first-order chi connectivity index (χ1) is 9.96. The number of anilines is 1. The minimum atomic E-state index is -0.801. The van der Waals surface area contributed by atoms with Gasteiger partial charge in [-0.3, -0.25) is 9.78 Å². The zero-order valence-electron chi connectivity index (χ0n) is 12.6. The molecule has 1 fully saturated rings. The standard InChI is InChI=1S/C16H21N3O2/c1-11-8-14(13(10-17)12(2)18-11)19-16(9-15(20)21)6-4-3-5-7-16/h8H,3-7,9H2,1-2H3,(H,18,19)(H,20,21). The van der Waals surface area contributed by atoms with Gasteiger partial charge in [0.25, 0.3) is 0 Å². The van der Waals surface area contributed by atoms with Crippen molar-refractivity contribution in [2.24, 2.45) is 0 Å². The number of carboxylic acid groups (broad SMARTS) is 1. The van der Waals surface area contributed by atoms with E-state index in [0.717, 1.165) is 37.8 Å². The number of pyridine rings is 1. The van der Waals surface area contributed by atoms with Crippen LogP contribution in [-0.4, -0.2) is 21.6 Å². The molecule has 1 heterocycles. The molecule has 0 atom stereocenters. The largest absolute Gasteiger partial charge is 0.481 e. The van der Waals surface area contributed by atoms with Crippen molar-refractivity contribution in [3.05, 3.63) is 23.0 Å². The van der Waals surface area contributed by atoms with Gasteiger partial charge in [0, 0.05) is 11.2 Å². The number of aromatic nitrogens is 1. The van der Waals surface area contributed by atoms with Crippen LogP contribution in [0.5, 0.6) is 0 Å².